The average Bonchev–Trinajstić information content (AvgIpc) is 2.85. The second-order valence-corrected chi connectivity index (χ2v) is 7.94. The van der Waals surface area contributed by atoms with Gasteiger partial charge in [-0.3, -0.25) is 0 Å². The summed E-state index contributed by atoms with van der Waals surface area (Å²) in [6.07, 6.45) is 3.58. The van der Waals surface area contributed by atoms with E-state index in [4.69, 9.17) is 18.9 Å². The highest BCUT2D eigenvalue weighted by atomic mass is 16.5. The molecule has 5 heteroatoms. The molecule has 3 aromatic rings. The van der Waals surface area contributed by atoms with Crippen LogP contribution in [0.25, 0.3) is 6.08 Å². The molecule has 0 spiro atoms. The number of hydrogen-bond acceptors (Lipinski definition) is 5. The molecule has 0 unspecified atom stereocenters. The number of rotatable bonds is 11. The van der Waals surface area contributed by atoms with Crippen LogP contribution in [0.3, 0.4) is 0 Å². The first-order valence-electron chi connectivity index (χ1n) is 11.0. The molecule has 3 aromatic carbocycles. The normalized spacial score (nSPS) is 11.1. The van der Waals surface area contributed by atoms with Crippen LogP contribution < -0.4 is 18.9 Å². The Bertz CT molecular complexity index is 1040. The summed E-state index contributed by atoms with van der Waals surface area (Å²) in [6, 6.07) is 19.6. The van der Waals surface area contributed by atoms with Crippen LogP contribution in [0.4, 0.5) is 0 Å². The highest BCUT2D eigenvalue weighted by molar-refractivity contribution is 5.62. The van der Waals surface area contributed by atoms with Gasteiger partial charge >= 0.3 is 0 Å². The second kappa shape index (κ2) is 12.0. The molecular formula is C28H32O5. The van der Waals surface area contributed by atoms with Gasteiger partial charge < -0.3 is 24.1 Å². The van der Waals surface area contributed by atoms with Crippen LogP contribution in [0.5, 0.6) is 23.0 Å². The highest BCUT2D eigenvalue weighted by Crippen LogP contribution is 2.35. The van der Waals surface area contributed by atoms with E-state index in [0.717, 1.165) is 39.5 Å². The zero-order valence-corrected chi connectivity index (χ0v) is 19.7. The number of methoxy groups -OCH3 is 2. The molecule has 0 amide bonds. The summed E-state index contributed by atoms with van der Waals surface area (Å²) in [4.78, 5) is 0. The molecule has 0 aromatic heterocycles. The van der Waals surface area contributed by atoms with Gasteiger partial charge in [-0.05, 0) is 52.9 Å². The van der Waals surface area contributed by atoms with E-state index in [1.165, 1.54) is 0 Å². The zero-order valence-electron chi connectivity index (χ0n) is 19.7. The molecule has 174 valence electrons. The first-order valence-corrected chi connectivity index (χ1v) is 11.0. The fourth-order valence-corrected chi connectivity index (χ4v) is 3.37. The molecular weight excluding hydrogens is 416 g/mol. The molecule has 0 saturated carbocycles. The van der Waals surface area contributed by atoms with Crippen molar-refractivity contribution in [2.24, 2.45) is 0 Å². The van der Waals surface area contributed by atoms with Crippen molar-refractivity contribution in [2.45, 2.75) is 33.0 Å². The van der Waals surface area contributed by atoms with Gasteiger partial charge in [-0.1, -0.05) is 50.3 Å². The smallest absolute Gasteiger partial charge is 0.130 e. The van der Waals surface area contributed by atoms with Crippen LogP contribution in [0, 0.1) is 0 Å². The van der Waals surface area contributed by atoms with Crippen molar-refractivity contribution in [3.63, 3.8) is 0 Å². The van der Waals surface area contributed by atoms with Crippen LogP contribution in [0.1, 0.15) is 42.0 Å². The number of hydrogen-bond donors (Lipinski definition) is 1. The molecule has 5 nitrogen and oxygen atoms in total. The molecule has 0 radical (unpaired) electrons. The number of aliphatic hydroxyl groups excluding tert-OH is 1. The maximum absolute atomic E-state index is 9.28. The van der Waals surface area contributed by atoms with E-state index >= 15 is 0 Å². The molecule has 3 rings (SSSR count). The Morgan fingerprint density at radius 1 is 0.758 bits per heavy atom. The van der Waals surface area contributed by atoms with Gasteiger partial charge in [0.15, 0.2) is 0 Å². The van der Waals surface area contributed by atoms with Crippen molar-refractivity contribution in [3.8, 4) is 23.0 Å². The third-order valence-electron chi connectivity index (χ3n) is 5.27. The fraction of sp³-hybridized carbons (Fsp3) is 0.286. The Kier molecular flexibility index (Phi) is 8.79. The van der Waals surface area contributed by atoms with E-state index in [2.05, 4.69) is 19.9 Å². The van der Waals surface area contributed by atoms with Gasteiger partial charge in [-0.2, -0.15) is 0 Å². The molecule has 1 N–H and O–H groups in total. The summed E-state index contributed by atoms with van der Waals surface area (Å²) in [5.74, 6) is 3.36. The maximum Gasteiger partial charge on any atom is 0.130 e. The number of aliphatic hydroxyl groups is 1. The quantitative estimate of drug-likeness (QED) is 0.390. The zero-order chi connectivity index (χ0) is 23.6. The van der Waals surface area contributed by atoms with Crippen LogP contribution >= 0.6 is 0 Å². The SMILES string of the molecule is COc1ccc(COc2cc(OCc3ccc(OC)cc3)c(C(C)C)cc2C=CCO)cc1. The molecule has 0 heterocycles. The molecule has 0 aliphatic heterocycles. The van der Waals surface area contributed by atoms with E-state index in [1.54, 1.807) is 20.3 Å². The van der Waals surface area contributed by atoms with Crippen molar-refractivity contribution in [1.29, 1.82) is 0 Å². The van der Waals surface area contributed by atoms with Crippen LogP contribution in [-0.2, 0) is 13.2 Å². The van der Waals surface area contributed by atoms with Crippen LogP contribution in [0.2, 0.25) is 0 Å². The topological polar surface area (TPSA) is 57.2 Å². The maximum atomic E-state index is 9.28. The van der Waals surface area contributed by atoms with Crippen molar-refractivity contribution in [1.82, 2.24) is 0 Å². The highest BCUT2D eigenvalue weighted by Gasteiger charge is 2.14. The van der Waals surface area contributed by atoms with E-state index in [0.29, 0.717) is 19.0 Å². The molecule has 33 heavy (non-hydrogen) atoms. The van der Waals surface area contributed by atoms with Crippen molar-refractivity contribution in [3.05, 3.63) is 89.0 Å². The predicted octanol–water partition coefficient (Wildman–Crippen LogP) is 5.99. The van der Waals surface area contributed by atoms with Gasteiger partial charge in [-0.25, -0.2) is 0 Å². The third-order valence-corrected chi connectivity index (χ3v) is 5.27. The Labute approximate surface area is 196 Å². The van der Waals surface area contributed by atoms with Crippen molar-refractivity contribution >= 4 is 6.08 Å². The molecule has 0 saturated heterocycles. The lowest BCUT2D eigenvalue weighted by atomic mass is 9.98. The summed E-state index contributed by atoms with van der Waals surface area (Å²) in [5, 5.41) is 9.28. The van der Waals surface area contributed by atoms with E-state index in [1.807, 2.05) is 60.7 Å². The van der Waals surface area contributed by atoms with E-state index in [-0.39, 0.29) is 12.5 Å². The summed E-state index contributed by atoms with van der Waals surface area (Å²) in [7, 11) is 3.30. The standard InChI is InChI=1S/C28H32O5/c1-20(2)26-16-23(6-5-15-29)27(32-18-21-7-11-24(30-3)12-8-21)17-28(26)33-19-22-9-13-25(31-4)14-10-22/h5-14,16-17,20,29H,15,18-19H2,1-4H3. The first kappa shape index (κ1) is 24.2. The Morgan fingerprint density at radius 3 is 1.73 bits per heavy atom. The fourth-order valence-electron chi connectivity index (χ4n) is 3.37. The molecule has 0 aliphatic rings. The van der Waals surface area contributed by atoms with Crippen LogP contribution in [0.15, 0.2) is 66.7 Å². The van der Waals surface area contributed by atoms with Crippen LogP contribution in [-0.4, -0.2) is 25.9 Å². The lowest BCUT2D eigenvalue weighted by Crippen LogP contribution is -2.03. The number of benzene rings is 3. The monoisotopic (exact) mass is 448 g/mol. The lowest BCUT2D eigenvalue weighted by molar-refractivity contribution is 0.286. The van der Waals surface area contributed by atoms with Gasteiger partial charge in [0.1, 0.15) is 36.2 Å². The van der Waals surface area contributed by atoms with Gasteiger partial charge in [0, 0.05) is 11.6 Å². The second-order valence-electron chi connectivity index (χ2n) is 7.94. The van der Waals surface area contributed by atoms with Gasteiger partial charge in [-0.15, -0.1) is 0 Å². The molecule has 0 aliphatic carbocycles. The van der Waals surface area contributed by atoms with Gasteiger partial charge in [0.2, 0.25) is 0 Å². The summed E-state index contributed by atoms with van der Waals surface area (Å²) < 4.78 is 22.9. The van der Waals surface area contributed by atoms with Gasteiger partial charge in [0.25, 0.3) is 0 Å². The first-order chi connectivity index (χ1) is 16.0. The van der Waals surface area contributed by atoms with E-state index in [9.17, 15) is 5.11 Å². The molecule has 0 fully saturated rings. The van der Waals surface area contributed by atoms with Crippen molar-refractivity contribution < 1.29 is 24.1 Å². The summed E-state index contributed by atoms with van der Waals surface area (Å²) in [6.45, 7) is 5.07. The summed E-state index contributed by atoms with van der Waals surface area (Å²) >= 11 is 0. The summed E-state index contributed by atoms with van der Waals surface area (Å²) in [5.41, 5.74) is 4.06. The van der Waals surface area contributed by atoms with Crippen molar-refractivity contribution in [2.75, 3.05) is 20.8 Å². The third kappa shape index (κ3) is 6.77. The largest absolute Gasteiger partial charge is 0.497 e. The Morgan fingerprint density at radius 2 is 1.27 bits per heavy atom. The number of ether oxygens (including phenoxy) is 4. The van der Waals surface area contributed by atoms with E-state index < -0.39 is 0 Å². The minimum absolute atomic E-state index is 0.0371. The predicted molar refractivity (Wildman–Crippen MR) is 131 cm³/mol. The molecule has 0 atom stereocenters. The molecule has 0 bridgehead atoms. The minimum atomic E-state index is -0.0371. The van der Waals surface area contributed by atoms with Gasteiger partial charge in [0.05, 0.1) is 20.8 Å². The average molecular weight is 449 g/mol. The Balaban J connectivity index is 1.85. The minimum Gasteiger partial charge on any atom is -0.497 e. The lowest BCUT2D eigenvalue weighted by Gasteiger charge is -2.19. The Hall–Kier alpha value is -3.44.